The van der Waals surface area contributed by atoms with Gasteiger partial charge in [0.25, 0.3) is 0 Å². The average Bonchev–Trinajstić information content (AvgIpc) is 2.13. The smallest absolute Gasteiger partial charge is 0.242 e. The molecule has 0 saturated heterocycles. The lowest BCUT2D eigenvalue weighted by atomic mass is 10.4. The van der Waals surface area contributed by atoms with Crippen molar-refractivity contribution in [2.24, 2.45) is 10.2 Å². The second kappa shape index (κ2) is 1.97. The largest absolute Gasteiger partial charge is 0.358 e. The molecule has 48 valence electrons. The molecule has 0 atom stereocenters. The highest BCUT2D eigenvalue weighted by atomic mass is 16.1. The highest BCUT2D eigenvalue weighted by Gasteiger charge is 2.14. The van der Waals surface area contributed by atoms with E-state index >= 15 is 0 Å². The summed E-state index contributed by atoms with van der Waals surface area (Å²) in [6.07, 6.45) is 1.20. The molecule has 0 N–H and O–H groups in total. The van der Waals surface area contributed by atoms with E-state index in [0.29, 0.717) is 5.84 Å². The lowest BCUT2D eigenvalue weighted by Crippen LogP contribution is -2.28. The Bertz CT molecular complexity index is 192. The SMILES string of the molecule is CN(C)C1=NN=CC1=O. The number of nitrogens with zero attached hydrogens (tertiary/aromatic N) is 3. The summed E-state index contributed by atoms with van der Waals surface area (Å²) in [6, 6.07) is 0. The summed E-state index contributed by atoms with van der Waals surface area (Å²) in [5.41, 5.74) is 0. The van der Waals surface area contributed by atoms with Crippen molar-refractivity contribution < 1.29 is 4.79 Å². The summed E-state index contributed by atoms with van der Waals surface area (Å²) in [5.74, 6) is 0.273. The van der Waals surface area contributed by atoms with Crippen molar-refractivity contribution in [1.29, 1.82) is 0 Å². The van der Waals surface area contributed by atoms with Crippen LogP contribution < -0.4 is 0 Å². The van der Waals surface area contributed by atoms with Crippen molar-refractivity contribution in [1.82, 2.24) is 4.90 Å². The van der Waals surface area contributed by atoms with Crippen LogP contribution in [0.15, 0.2) is 10.2 Å². The Hall–Kier alpha value is -1.19. The second-order valence-electron chi connectivity index (χ2n) is 1.93. The van der Waals surface area contributed by atoms with Gasteiger partial charge in [-0.05, 0) is 0 Å². The topological polar surface area (TPSA) is 45.0 Å². The third kappa shape index (κ3) is 0.960. The summed E-state index contributed by atoms with van der Waals surface area (Å²) in [5, 5.41) is 7.02. The maximum atomic E-state index is 10.7. The van der Waals surface area contributed by atoms with Crippen LogP contribution >= 0.6 is 0 Å². The lowest BCUT2D eigenvalue weighted by molar-refractivity contribution is -0.107. The standard InChI is InChI=1S/C5H7N3O/c1-8(2)5-4(9)3-6-7-5/h3H,1-2H3. The van der Waals surface area contributed by atoms with Crippen LogP contribution in [0.2, 0.25) is 0 Å². The predicted octanol–water partition coefficient (Wildman–Crippen LogP) is -0.485. The Kier molecular flexibility index (Phi) is 1.30. The van der Waals surface area contributed by atoms with Crippen LogP contribution in [0.25, 0.3) is 0 Å². The fourth-order valence-corrected chi connectivity index (χ4v) is 0.553. The molecule has 4 heteroatoms. The Morgan fingerprint density at radius 2 is 2.22 bits per heavy atom. The number of ketones is 1. The quantitative estimate of drug-likeness (QED) is 0.438. The monoisotopic (exact) mass is 125 g/mol. The minimum atomic E-state index is -0.125. The van der Waals surface area contributed by atoms with Gasteiger partial charge in [0.05, 0.1) is 0 Å². The van der Waals surface area contributed by atoms with Crippen molar-refractivity contribution >= 4 is 17.8 Å². The molecular formula is C5H7N3O. The molecule has 0 spiro atoms. The van der Waals surface area contributed by atoms with Crippen LogP contribution in [-0.2, 0) is 4.79 Å². The van der Waals surface area contributed by atoms with E-state index in [9.17, 15) is 4.79 Å². The number of rotatable bonds is 0. The zero-order valence-corrected chi connectivity index (χ0v) is 5.33. The van der Waals surface area contributed by atoms with Gasteiger partial charge in [0, 0.05) is 14.1 Å². The molecule has 1 aliphatic heterocycles. The zero-order chi connectivity index (χ0) is 6.85. The minimum Gasteiger partial charge on any atom is -0.358 e. The maximum Gasteiger partial charge on any atom is 0.242 e. The van der Waals surface area contributed by atoms with Crippen LogP contribution in [0.4, 0.5) is 0 Å². The fourth-order valence-electron chi connectivity index (χ4n) is 0.553. The van der Waals surface area contributed by atoms with Crippen molar-refractivity contribution in [3.63, 3.8) is 0 Å². The third-order valence-electron chi connectivity index (χ3n) is 0.971. The van der Waals surface area contributed by atoms with Crippen molar-refractivity contribution in [3.8, 4) is 0 Å². The van der Waals surface area contributed by atoms with Gasteiger partial charge in [-0.25, -0.2) is 0 Å². The second-order valence-corrected chi connectivity index (χ2v) is 1.93. The van der Waals surface area contributed by atoms with Gasteiger partial charge in [-0.15, -0.1) is 5.10 Å². The van der Waals surface area contributed by atoms with E-state index in [1.54, 1.807) is 19.0 Å². The molecule has 1 rings (SSSR count). The Morgan fingerprint density at radius 3 is 2.44 bits per heavy atom. The van der Waals surface area contributed by atoms with Gasteiger partial charge in [0.15, 0.2) is 5.84 Å². The molecule has 0 fully saturated rings. The number of likely N-dealkylation sites (N-methyl/N-ethyl adjacent to an activating group) is 1. The number of Topliss-reactive ketones (excluding diaryl/α,β-unsaturated/α-hetero) is 1. The minimum absolute atomic E-state index is 0.125. The van der Waals surface area contributed by atoms with E-state index in [0.717, 1.165) is 0 Å². The molecule has 4 nitrogen and oxygen atoms in total. The predicted molar refractivity (Wildman–Crippen MR) is 34.6 cm³/mol. The van der Waals surface area contributed by atoms with Gasteiger partial charge >= 0.3 is 0 Å². The molecular weight excluding hydrogens is 118 g/mol. The molecule has 1 heterocycles. The third-order valence-corrected chi connectivity index (χ3v) is 0.971. The van der Waals surface area contributed by atoms with E-state index in [4.69, 9.17) is 0 Å². The summed E-state index contributed by atoms with van der Waals surface area (Å²) < 4.78 is 0. The van der Waals surface area contributed by atoms with E-state index < -0.39 is 0 Å². The molecule has 0 saturated carbocycles. The van der Waals surface area contributed by atoms with Gasteiger partial charge in [-0.2, -0.15) is 5.10 Å². The number of hydrogen-bond donors (Lipinski definition) is 0. The number of carbonyl (C=O) groups excluding carboxylic acids is 1. The highest BCUT2D eigenvalue weighted by Crippen LogP contribution is 1.92. The van der Waals surface area contributed by atoms with Gasteiger partial charge < -0.3 is 4.90 Å². The number of hydrogen-bond acceptors (Lipinski definition) is 4. The summed E-state index contributed by atoms with van der Waals surface area (Å²) in [7, 11) is 3.51. The zero-order valence-electron chi connectivity index (χ0n) is 5.33. The average molecular weight is 125 g/mol. The molecule has 0 aromatic carbocycles. The molecule has 0 bridgehead atoms. The van der Waals surface area contributed by atoms with Crippen LogP contribution in [0.3, 0.4) is 0 Å². The Morgan fingerprint density at radius 1 is 1.56 bits per heavy atom. The normalized spacial score (nSPS) is 16.2. The van der Waals surface area contributed by atoms with E-state index in [1.807, 2.05) is 0 Å². The highest BCUT2D eigenvalue weighted by molar-refractivity contribution is 6.61. The van der Waals surface area contributed by atoms with Crippen LogP contribution in [0.5, 0.6) is 0 Å². The first kappa shape index (κ1) is 5.94. The van der Waals surface area contributed by atoms with Crippen molar-refractivity contribution in [3.05, 3.63) is 0 Å². The molecule has 0 unspecified atom stereocenters. The molecule has 0 amide bonds. The van der Waals surface area contributed by atoms with Crippen LogP contribution in [-0.4, -0.2) is 36.8 Å². The van der Waals surface area contributed by atoms with Crippen LogP contribution in [0, 0.1) is 0 Å². The molecule has 0 aromatic rings. The van der Waals surface area contributed by atoms with Crippen molar-refractivity contribution in [2.45, 2.75) is 0 Å². The maximum absolute atomic E-state index is 10.7. The number of amidine groups is 1. The fraction of sp³-hybridized carbons (Fsp3) is 0.400. The summed E-state index contributed by atoms with van der Waals surface area (Å²) in [4.78, 5) is 12.3. The van der Waals surface area contributed by atoms with E-state index in [1.165, 1.54) is 6.21 Å². The molecule has 0 aliphatic carbocycles. The Labute approximate surface area is 52.9 Å². The van der Waals surface area contributed by atoms with Crippen LogP contribution in [0.1, 0.15) is 0 Å². The summed E-state index contributed by atoms with van der Waals surface area (Å²) >= 11 is 0. The molecule has 9 heavy (non-hydrogen) atoms. The molecule has 0 aromatic heterocycles. The van der Waals surface area contributed by atoms with E-state index in [2.05, 4.69) is 10.2 Å². The first-order valence-electron chi connectivity index (χ1n) is 2.54. The van der Waals surface area contributed by atoms with E-state index in [-0.39, 0.29) is 5.78 Å². The van der Waals surface area contributed by atoms with Gasteiger partial charge in [0.2, 0.25) is 5.78 Å². The summed E-state index contributed by atoms with van der Waals surface area (Å²) in [6.45, 7) is 0. The molecule has 0 radical (unpaired) electrons. The van der Waals surface area contributed by atoms with Gasteiger partial charge in [-0.1, -0.05) is 0 Å². The van der Waals surface area contributed by atoms with Gasteiger partial charge in [-0.3, -0.25) is 4.79 Å². The van der Waals surface area contributed by atoms with Gasteiger partial charge in [0.1, 0.15) is 6.21 Å². The Balaban J connectivity index is 2.76. The molecule has 1 aliphatic rings. The van der Waals surface area contributed by atoms with Crippen molar-refractivity contribution in [2.75, 3.05) is 14.1 Å². The number of carbonyl (C=O) groups is 1. The first-order chi connectivity index (χ1) is 4.22. The first-order valence-corrected chi connectivity index (χ1v) is 2.54. The lowest BCUT2D eigenvalue weighted by Gasteiger charge is -2.06.